The average molecular weight is 1170 g/mol. The highest BCUT2D eigenvalue weighted by Gasteiger charge is 2.84. The first-order valence-electron chi connectivity index (χ1n) is 34.4. The first-order valence-corrected chi connectivity index (χ1v) is 34.4. The zero-order valence-electron chi connectivity index (χ0n) is 53.0. The number of ether oxygens (including phenoxy) is 2. The van der Waals surface area contributed by atoms with Gasteiger partial charge in [0.15, 0.2) is 5.78 Å². The summed E-state index contributed by atoms with van der Waals surface area (Å²) in [7, 11) is 2.03. The third-order valence-electron chi connectivity index (χ3n) is 28.6. The second-order valence-electron chi connectivity index (χ2n) is 32.9. The number of epoxide rings is 1. The summed E-state index contributed by atoms with van der Waals surface area (Å²) in [5, 5.41) is 43.8. The molecule has 6 N–H and O–H groups in total. The Bertz CT molecular complexity index is 3530. The number of carbonyl (C=O) groups is 3. The maximum Gasteiger partial charge on any atom is 0.160 e. The number of aliphatic hydroxyl groups excluding tert-OH is 2. The van der Waals surface area contributed by atoms with Crippen molar-refractivity contribution in [2.24, 2.45) is 55.7 Å². The molecule has 3 aromatic heterocycles. The highest BCUT2D eigenvalue weighted by Crippen LogP contribution is 2.87. The quantitative estimate of drug-likeness (QED) is 0.0889. The van der Waals surface area contributed by atoms with Gasteiger partial charge in [-0.1, -0.05) is 78.9 Å². The maximum atomic E-state index is 16.6. The lowest BCUT2D eigenvalue weighted by Crippen LogP contribution is -2.77. The normalized spacial score (nSPS) is 41.2. The molecule has 86 heavy (non-hydrogen) atoms. The number of nitrogens with zero attached hydrogens (tertiary/aromatic N) is 1. The van der Waals surface area contributed by atoms with E-state index in [9.17, 15) is 10.2 Å². The van der Waals surface area contributed by atoms with Crippen molar-refractivity contribution in [2.75, 3.05) is 26.8 Å². The molecule has 462 valence electrons. The summed E-state index contributed by atoms with van der Waals surface area (Å²) in [5.41, 5.74) is 7.59. The Labute approximate surface area is 509 Å². The van der Waals surface area contributed by atoms with Crippen molar-refractivity contribution in [1.82, 2.24) is 19.9 Å². The third-order valence-corrected chi connectivity index (χ3v) is 28.6. The zero-order valence-corrected chi connectivity index (χ0v) is 53.0. The molecule has 6 saturated carbocycles. The number of Topliss-reactive ketones (excluding diaryl/α,β-unsaturated/α-hetero) is 3. The topological polar surface area (TPSA) is 182 Å². The van der Waals surface area contributed by atoms with E-state index >= 15 is 19.5 Å². The van der Waals surface area contributed by atoms with Gasteiger partial charge in [0.1, 0.15) is 17.7 Å². The number of fused-ring (bicyclic) bond motifs is 10. The van der Waals surface area contributed by atoms with Crippen LogP contribution in [0.5, 0.6) is 0 Å². The summed E-state index contributed by atoms with van der Waals surface area (Å²) in [5.74, 6) is -0.164. The molecule has 3 aliphatic heterocycles. The van der Waals surface area contributed by atoms with Crippen LogP contribution in [0.4, 0.5) is 0 Å². The highest BCUT2D eigenvalue weighted by molar-refractivity contribution is 6.02. The smallest absolute Gasteiger partial charge is 0.160 e. The Kier molecular flexibility index (Phi) is 12.6. The molecule has 2 spiro atoms. The number of ketones is 3. The molecule has 12 aliphatic rings. The lowest BCUT2D eigenvalue weighted by atomic mass is 9.24. The average Bonchev–Trinajstić information content (AvgIpc) is 1.09. The van der Waals surface area contributed by atoms with E-state index in [1.807, 2.05) is 20.9 Å². The molecule has 2 bridgehead atoms. The van der Waals surface area contributed by atoms with Crippen molar-refractivity contribution in [3.05, 3.63) is 92.6 Å². The van der Waals surface area contributed by atoms with Crippen LogP contribution >= 0.6 is 0 Å². The SMILES string of the molecule is CNCC[C@]1(C)C(=O)[C@H]2c3cc[nH]c3[C@H]3CC[C@@]2(C3)[C@@]2(C)[C@H]3[C@H](O)[C@@H]4Cn5cc([C@@H]6C(=O)CCc7c6cc(C6CCCCC6)cc7C6(O)CCOCC6)c6[nH]cc(c65)CC[C@@](C)(C[C@@H](O)[C@H]5OC5(C)C)C5=C4[C@](C)(CC5=O)[C@@]3(C)CC3(CCCC3)[C@H]21. The number of rotatable bonds is 9. The van der Waals surface area contributed by atoms with Crippen molar-refractivity contribution in [2.45, 2.75) is 249 Å². The fraction of sp³-hybridized carbons (Fsp3) is 0.716. The maximum absolute atomic E-state index is 16.6. The Morgan fingerprint density at radius 3 is 2.34 bits per heavy atom. The predicted octanol–water partition coefficient (Wildman–Crippen LogP) is 12.6. The Morgan fingerprint density at radius 2 is 1.60 bits per heavy atom. The van der Waals surface area contributed by atoms with Crippen molar-refractivity contribution in [3.63, 3.8) is 0 Å². The highest BCUT2D eigenvalue weighted by atomic mass is 16.6. The number of H-pyrrole nitrogens is 2. The fourth-order valence-corrected chi connectivity index (χ4v) is 25.1. The second-order valence-corrected chi connectivity index (χ2v) is 32.9. The van der Waals surface area contributed by atoms with Crippen LogP contribution in [0.25, 0.3) is 11.0 Å². The van der Waals surface area contributed by atoms with Crippen LogP contribution in [-0.2, 0) is 48.8 Å². The summed E-state index contributed by atoms with van der Waals surface area (Å²) >= 11 is 0. The fourth-order valence-electron chi connectivity index (χ4n) is 25.1. The van der Waals surface area contributed by atoms with E-state index in [4.69, 9.17) is 9.47 Å². The van der Waals surface area contributed by atoms with Crippen molar-refractivity contribution < 1.29 is 39.2 Å². The van der Waals surface area contributed by atoms with Gasteiger partial charge in [0.05, 0.1) is 46.3 Å². The second kappa shape index (κ2) is 19.0. The molecule has 0 radical (unpaired) electrons. The van der Waals surface area contributed by atoms with Gasteiger partial charge in [-0.25, -0.2) is 0 Å². The summed E-state index contributed by atoms with van der Waals surface area (Å²) in [4.78, 5) is 55.8. The molecule has 12 heteroatoms. The van der Waals surface area contributed by atoms with E-state index in [1.54, 1.807) is 0 Å². The van der Waals surface area contributed by atoms with E-state index < -0.39 is 67.7 Å². The largest absolute Gasteiger partial charge is 0.392 e. The number of carbonyl (C=O) groups excluding carboxylic acids is 3. The summed E-state index contributed by atoms with van der Waals surface area (Å²) in [6.45, 7) is 18.5. The van der Waals surface area contributed by atoms with Crippen molar-refractivity contribution in [1.29, 1.82) is 0 Å². The number of benzene rings is 1. The summed E-state index contributed by atoms with van der Waals surface area (Å²) in [6.07, 6.45) is 23.1. The Morgan fingerprint density at radius 1 is 0.849 bits per heavy atom. The molecule has 12 nitrogen and oxygen atoms in total. The van der Waals surface area contributed by atoms with Gasteiger partial charge in [-0.3, -0.25) is 14.4 Å². The van der Waals surface area contributed by atoms with Gasteiger partial charge in [0.25, 0.3) is 0 Å². The van der Waals surface area contributed by atoms with Crippen LogP contribution in [0.1, 0.15) is 245 Å². The van der Waals surface area contributed by atoms with E-state index in [-0.39, 0.29) is 40.8 Å². The molecule has 4 aromatic rings. The number of aryl methyl sites for hydroxylation is 1. The molecule has 0 amide bonds. The van der Waals surface area contributed by atoms with Crippen molar-refractivity contribution >= 4 is 28.4 Å². The van der Waals surface area contributed by atoms with E-state index in [0.717, 1.165) is 127 Å². The van der Waals surface area contributed by atoms with E-state index in [1.165, 1.54) is 36.1 Å². The molecule has 1 aromatic carbocycles. The van der Waals surface area contributed by atoms with Gasteiger partial charge < -0.3 is 44.6 Å². The van der Waals surface area contributed by atoms with E-state index in [0.29, 0.717) is 88.7 Å². The Balaban J connectivity index is 0.922. The molecular weight excluding hydrogens is 1070 g/mol. The van der Waals surface area contributed by atoms with Crippen LogP contribution in [0.15, 0.2) is 47.9 Å². The molecule has 6 heterocycles. The van der Waals surface area contributed by atoms with Crippen LogP contribution in [0.2, 0.25) is 0 Å². The van der Waals surface area contributed by atoms with Gasteiger partial charge >= 0.3 is 0 Å². The van der Waals surface area contributed by atoms with Gasteiger partial charge in [0, 0.05) is 97.6 Å². The van der Waals surface area contributed by atoms with Crippen LogP contribution < -0.4 is 5.32 Å². The standard InChI is InChI=1S/C74H98N4O8/c1-66(2)64(86-66)53(81)35-67(3)23-18-43-37-77-59-48(54-47-32-44(41-14-10-9-11-15-41)33-50(45(47)16-17-51(54)79)74(84)26-30-85-31-27-74)38-78(60(43)59)39-49-55-57(67)52(80)36-69(55,5)70(6)40-72(21-12-13-22-72)65-68(4,25-29-75-8)63(83)56-46-20-28-76-58(46)42-19-24-73(56,34-42)71(65,7)62(70)61(49)82/h20,28,32-33,37-38,41-42,49,53-54,56,61-62,64-65,75-77,81-82,84H,9-19,21-27,29-31,34-36,39-40H2,1-8H3/t42-,49+,53+,54+,56+,61+,62-,64+,65-,67-,68+,69-,70-,71-,73-/m0/s1. The third kappa shape index (κ3) is 7.35. The number of nitrogens with one attached hydrogen (secondary N) is 3. The van der Waals surface area contributed by atoms with E-state index in [2.05, 4.69) is 91.3 Å². The van der Waals surface area contributed by atoms with Crippen LogP contribution in [0.3, 0.4) is 0 Å². The lowest BCUT2D eigenvalue weighted by molar-refractivity contribution is -0.303. The monoisotopic (exact) mass is 1170 g/mol. The molecule has 8 fully saturated rings. The van der Waals surface area contributed by atoms with Crippen LogP contribution in [-0.4, -0.2) is 97.9 Å². The zero-order chi connectivity index (χ0) is 59.7. The summed E-state index contributed by atoms with van der Waals surface area (Å²) in [6, 6.07) is 6.95. The first kappa shape index (κ1) is 57.0. The number of allylic oxidation sites excluding steroid dienone is 1. The molecule has 9 aliphatic carbocycles. The number of hydrogen-bond donors (Lipinski definition) is 6. The molecule has 0 unspecified atom stereocenters. The number of hydrogen-bond acceptors (Lipinski definition) is 9. The number of aromatic nitrogens is 3. The number of aromatic amines is 2. The van der Waals surface area contributed by atoms with Gasteiger partial charge in [-0.05, 0) is 207 Å². The molecule has 16 rings (SSSR count). The lowest BCUT2D eigenvalue weighted by Gasteiger charge is -2.79. The molecule has 2 saturated heterocycles. The summed E-state index contributed by atoms with van der Waals surface area (Å²) < 4.78 is 14.5. The number of aliphatic hydroxyl groups is 3. The van der Waals surface area contributed by atoms with Gasteiger partial charge in [-0.2, -0.15) is 0 Å². The first-order chi connectivity index (χ1) is 41.0. The molecular formula is C74H98N4O8. The van der Waals surface area contributed by atoms with Gasteiger partial charge in [-0.15, -0.1) is 0 Å². The molecule has 15 atom stereocenters. The van der Waals surface area contributed by atoms with Crippen molar-refractivity contribution in [3.8, 4) is 0 Å². The van der Waals surface area contributed by atoms with Gasteiger partial charge in [0.2, 0.25) is 0 Å². The predicted molar refractivity (Wildman–Crippen MR) is 331 cm³/mol. The minimum Gasteiger partial charge on any atom is -0.392 e. The minimum atomic E-state index is -1.04. The van der Waals surface area contributed by atoms with Crippen LogP contribution in [0, 0.1) is 55.7 Å². The minimum absolute atomic E-state index is 0.0164. The Hall–Kier alpha value is -4.17.